The van der Waals surface area contributed by atoms with Crippen LogP contribution in [0.2, 0.25) is 0 Å². The number of H-pyrrole nitrogens is 1. The highest BCUT2D eigenvalue weighted by Gasteiger charge is 2.15. The van der Waals surface area contributed by atoms with Crippen LogP contribution in [-0.4, -0.2) is 23.8 Å². The van der Waals surface area contributed by atoms with Gasteiger partial charge < -0.3 is 15.0 Å². The molecule has 0 spiro atoms. The number of hydrogen-bond donors (Lipinski definition) is 2. The van der Waals surface area contributed by atoms with Gasteiger partial charge in [-0.3, -0.25) is 0 Å². The Hall–Kier alpha value is -1.97. The summed E-state index contributed by atoms with van der Waals surface area (Å²) in [5.41, 5.74) is 2.90. The molecule has 18 heavy (non-hydrogen) atoms. The minimum Gasteiger partial charge on any atom is -0.495 e. The normalized spacial score (nSPS) is 20.9. The number of ether oxygens (including phenoxy) is 1. The summed E-state index contributed by atoms with van der Waals surface area (Å²) in [4.78, 5) is 7.71. The third-order valence-electron chi connectivity index (χ3n) is 3.40. The zero-order valence-electron chi connectivity index (χ0n) is 10.4. The highest BCUT2D eigenvalue weighted by atomic mass is 16.5. The molecule has 1 aliphatic carbocycles. The molecule has 0 atom stereocenters. The van der Waals surface area contributed by atoms with Crippen LogP contribution in [0.4, 0.5) is 0 Å². The first-order chi connectivity index (χ1) is 8.85. The molecule has 4 heteroatoms. The summed E-state index contributed by atoms with van der Waals surface area (Å²) in [5, 5.41) is 3.39. The third-order valence-corrected chi connectivity index (χ3v) is 3.40. The summed E-state index contributed by atoms with van der Waals surface area (Å²) in [6.45, 7) is 0. The number of aromatic amines is 1. The molecule has 3 rings (SSSR count). The van der Waals surface area contributed by atoms with E-state index in [4.69, 9.17) is 4.74 Å². The van der Waals surface area contributed by atoms with E-state index in [1.54, 1.807) is 7.11 Å². The van der Waals surface area contributed by atoms with Gasteiger partial charge in [0.25, 0.3) is 0 Å². The van der Waals surface area contributed by atoms with Gasteiger partial charge in [-0.2, -0.15) is 0 Å². The Morgan fingerprint density at radius 3 is 3.00 bits per heavy atom. The molecule has 0 saturated heterocycles. The molecule has 0 radical (unpaired) electrons. The number of hydrogen-bond acceptors (Lipinski definition) is 3. The van der Waals surface area contributed by atoms with Gasteiger partial charge >= 0.3 is 0 Å². The zero-order valence-corrected chi connectivity index (χ0v) is 10.4. The maximum absolute atomic E-state index is 5.15. The molecular formula is C14H17N3O. The molecular weight excluding hydrogens is 226 g/mol. The van der Waals surface area contributed by atoms with Gasteiger partial charge in [0, 0.05) is 24.5 Å². The fourth-order valence-corrected chi connectivity index (χ4v) is 2.03. The summed E-state index contributed by atoms with van der Waals surface area (Å²) >= 11 is 0. The van der Waals surface area contributed by atoms with E-state index in [1.807, 2.05) is 30.6 Å². The number of aromatic nitrogens is 1. The number of nitrogens with one attached hydrogen (secondary N) is 2. The lowest BCUT2D eigenvalue weighted by atomic mass is 9.93. The zero-order chi connectivity index (χ0) is 12.4. The fraction of sp³-hybridized carbons (Fsp3) is 0.357. The largest absolute Gasteiger partial charge is 0.495 e. The van der Waals surface area contributed by atoms with Crippen LogP contribution in [0.15, 0.2) is 41.3 Å². The summed E-state index contributed by atoms with van der Waals surface area (Å²) in [5.74, 6) is 0.825. The molecule has 2 heterocycles. The minimum atomic E-state index is 0.649. The van der Waals surface area contributed by atoms with Crippen molar-refractivity contribution >= 4 is 5.71 Å². The first-order valence-electron chi connectivity index (χ1n) is 6.31. The van der Waals surface area contributed by atoms with E-state index in [0.29, 0.717) is 6.04 Å². The molecule has 1 aromatic heterocycles. The standard InChI is InChI=1S/C14H17N3O/c1-18-12-7-14(16-9-12)13-6-5-11(17-13)8-15-10-3-2-4-10/h5-10,15-16H,2-4H2,1H3. The molecule has 0 aromatic carbocycles. The summed E-state index contributed by atoms with van der Waals surface area (Å²) in [7, 11) is 1.66. The molecule has 1 saturated carbocycles. The van der Waals surface area contributed by atoms with Crippen LogP contribution in [0.3, 0.4) is 0 Å². The summed E-state index contributed by atoms with van der Waals surface area (Å²) < 4.78 is 5.15. The first kappa shape index (κ1) is 11.1. The lowest BCUT2D eigenvalue weighted by Crippen LogP contribution is -2.31. The van der Waals surface area contributed by atoms with Gasteiger partial charge in [-0.05, 0) is 31.4 Å². The molecule has 1 fully saturated rings. The molecule has 2 aliphatic rings. The van der Waals surface area contributed by atoms with Gasteiger partial charge in [-0.15, -0.1) is 0 Å². The average Bonchev–Trinajstić information content (AvgIpc) is 2.94. The van der Waals surface area contributed by atoms with Gasteiger partial charge in [0.1, 0.15) is 5.75 Å². The van der Waals surface area contributed by atoms with Gasteiger partial charge in [-0.1, -0.05) is 0 Å². The van der Waals surface area contributed by atoms with Crippen molar-refractivity contribution in [2.75, 3.05) is 7.11 Å². The van der Waals surface area contributed by atoms with E-state index in [9.17, 15) is 0 Å². The Bertz CT molecular complexity index is 521. The van der Waals surface area contributed by atoms with Crippen LogP contribution in [0.5, 0.6) is 5.75 Å². The van der Waals surface area contributed by atoms with Crippen molar-refractivity contribution in [3.63, 3.8) is 0 Å². The number of allylic oxidation sites excluding steroid dienone is 2. The molecule has 0 unspecified atom stereocenters. The molecule has 1 aromatic rings. The van der Waals surface area contributed by atoms with Crippen molar-refractivity contribution < 1.29 is 4.74 Å². The van der Waals surface area contributed by atoms with E-state index in [0.717, 1.165) is 22.9 Å². The number of aliphatic imine (C=N–C) groups is 1. The smallest absolute Gasteiger partial charge is 0.136 e. The third kappa shape index (κ3) is 2.18. The van der Waals surface area contributed by atoms with Crippen molar-refractivity contribution in [3.05, 3.63) is 42.0 Å². The highest BCUT2D eigenvalue weighted by Crippen LogP contribution is 2.20. The molecule has 4 nitrogen and oxygen atoms in total. The maximum Gasteiger partial charge on any atom is 0.136 e. The van der Waals surface area contributed by atoms with Crippen LogP contribution in [0.25, 0.3) is 0 Å². The predicted molar refractivity (Wildman–Crippen MR) is 71.9 cm³/mol. The van der Waals surface area contributed by atoms with E-state index in [2.05, 4.69) is 15.3 Å². The molecule has 0 bridgehead atoms. The van der Waals surface area contributed by atoms with Crippen LogP contribution in [0, 0.1) is 0 Å². The Kier molecular flexibility index (Phi) is 2.92. The van der Waals surface area contributed by atoms with E-state index in [1.165, 1.54) is 19.3 Å². The Morgan fingerprint density at radius 1 is 1.44 bits per heavy atom. The fourth-order valence-electron chi connectivity index (χ4n) is 2.03. The predicted octanol–water partition coefficient (Wildman–Crippen LogP) is 2.37. The average molecular weight is 243 g/mol. The topological polar surface area (TPSA) is 49.4 Å². The van der Waals surface area contributed by atoms with Gasteiger partial charge in [0.15, 0.2) is 0 Å². The van der Waals surface area contributed by atoms with Crippen molar-refractivity contribution in [1.29, 1.82) is 0 Å². The van der Waals surface area contributed by atoms with Gasteiger partial charge in [0.05, 0.1) is 24.2 Å². The van der Waals surface area contributed by atoms with Crippen LogP contribution in [0.1, 0.15) is 25.0 Å². The summed E-state index contributed by atoms with van der Waals surface area (Å²) in [6.07, 6.45) is 11.8. The van der Waals surface area contributed by atoms with E-state index in [-0.39, 0.29) is 0 Å². The van der Waals surface area contributed by atoms with Gasteiger partial charge in [0.2, 0.25) is 0 Å². The number of rotatable bonds is 4. The maximum atomic E-state index is 5.15. The van der Waals surface area contributed by atoms with Gasteiger partial charge in [-0.25, -0.2) is 4.99 Å². The molecule has 1 aliphatic heterocycles. The number of methoxy groups -OCH3 is 1. The highest BCUT2D eigenvalue weighted by molar-refractivity contribution is 6.10. The van der Waals surface area contributed by atoms with Crippen LogP contribution in [-0.2, 0) is 0 Å². The lowest BCUT2D eigenvalue weighted by Gasteiger charge is -2.25. The molecule has 0 amide bonds. The van der Waals surface area contributed by atoms with E-state index >= 15 is 0 Å². The van der Waals surface area contributed by atoms with Crippen molar-refractivity contribution in [3.8, 4) is 5.75 Å². The minimum absolute atomic E-state index is 0.649. The van der Waals surface area contributed by atoms with E-state index < -0.39 is 0 Å². The first-order valence-corrected chi connectivity index (χ1v) is 6.31. The quantitative estimate of drug-likeness (QED) is 0.853. The monoisotopic (exact) mass is 243 g/mol. The Balaban J connectivity index is 1.69. The van der Waals surface area contributed by atoms with Crippen LogP contribution < -0.4 is 10.1 Å². The second-order valence-corrected chi connectivity index (χ2v) is 4.65. The molecule has 94 valence electrons. The van der Waals surface area contributed by atoms with Crippen molar-refractivity contribution in [2.24, 2.45) is 4.99 Å². The Morgan fingerprint density at radius 2 is 2.33 bits per heavy atom. The molecule has 2 N–H and O–H groups in total. The van der Waals surface area contributed by atoms with Crippen LogP contribution >= 0.6 is 0 Å². The second kappa shape index (κ2) is 4.72. The summed E-state index contributed by atoms with van der Waals surface area (Å²) in [6, 6.07) is 2.60. The number of nitrogens with zero attached hydrogens (tertiary/aromatic N) is 1. The van der Waals surface area contributed by atoms with Crippen molar-refractivity contribution in [2.45, 2.75) is 25.3 Å². The second-order valence-electron chi connectivity index (χ2n) is 4.65. The Labute approximate surface area is 106 Å². The lowest BCUT2D eigenvalue weighted by molar-refractivity contribution is 0.372. The van der Waals surface area contributed by atoms with Crippen molar-refractivity contribution in [1.82, 2.24) is 10.3 Å². The SMILES string of the molecule is COc1c[nH]c(C2=NC(=CNC3CCC3)C=C2)c1.